The first-order chi connectivity index (χ1) is 8.54. The third kappa shape index (κ3) is 2.72. The van der Waals surface area contributed by atoms with Gasteiger partial charge in [0.15, 0.2) is 9.84 Å². The number of hydrogen-bond acceptors (Lipinski definition) is 3. The Kier molecular flexibility index (Phi) is 4.02. The molecular weight excluding hydrogens is 253 g/mol. The largest absolute Gasteiger partial charge is 0.312 e. The Bertz CT molecular complexity index is 498. The quantitative estimate of drug-likeness (QED) is 0.915. The third-order valence-electron chi connectivity index (χ3n) is 3.54. The molecule has 1 N–H and O–H groups in total. The highest BCUT2D eigenvalue weighted by Crippen LogP contribution is 2.30. The van der Waals surface area contributed by atoms with E-state index < -0.39 is 15.1 Å². The highest BCUT2D eigenvalue weighted by molar-refractivity contribution is 7.92. The van der Waals surface area contributed by atoms with Crippen LogP contribution in [0.4, 0.5) is 4.39 Å². The van der Waals surface area contributed by atoms with Gasteiger partial charge in [-0.05, 0) is 37.6 Å². The zero-order valence-electron chi connectivity index (χ0n) is 10.4. The van der Waals surface area contributed by atoms with Gasteiger partial charge in [-0.3, -0.25) is 0 Å². The van der Waals surface area contributed by atoms with Gasteiger partial charge in [0, 0.05) is 6.04 Å². The Hall–Kier alpha value is -0.940. The predicted octanol–water partition coefficient (Wildman–Crippen LogP) is 2.05. The van der Waals surface area contributed by atoms with Crippen molar-refractivity contribution in [1.29, 1.82) is 0 Å². The third-order valence-corrected chi connectivity index (χ3v) is 5.83. The van der Waals surface area contributed by atoms with Crippen LogP contribution < -0.4 is 5.32 Å². The molecule has 2 atom stereocenters. The van der Waals surface area contributed by atoms with E-state index in [1.165, 1.54) is 12.1 Å². The van der Waals surface area contributed by atoms with Gasteiger partial charge in [-0.25, -0.2) is 12.8 Å². The van der Waals surface area contributed by atoms with Crippen LogP contribution in [0.3, 0.4) is 0 Å². The van der Waals surface area contributed by atoms with E-state index in [-0.39, 0.29) is 17.6 Å². The number of halogens is 1. The van der Waals surface area contributed by atoms with E-state index in [2.05, 4.69) is 5.32 Å². The lowest BCUT2D eigenvalue weighted by atomic mass is 9.99. The Labute approximate surface area is 107 Å². The molecule has 100 valence electrons. The molecule has 1 aromatic rings. The molecule has 18 heavy (non-hydrogen) atoms. The molecule has 1 saturated heterocycles. The summed E-state index contributed by atoms with van der Waals surface area (Å²) in [5, 5.41) is 2.66. The minimum Gasteiger partial charge on any atom is -0.312 e. The molecule has 2 unspecified atom stereocenters. The summed E-state index contributed by atoms with van der Waals surface area (Å²) < 4.78 is 37.1. The van der Waals surface area contributed by atoms with Crippen molar-refractivity contribution >= 4 is 9.84 Å². The summed E-state index contributed by atoms with van der Waals surface area (Å²) in [5.41, 5.74) is 0.828. The maximum atomic E-state index is 12.9. The van der Waals surface area contributed by atoms with Gasteiger partial charge in [0.05, 0.1) is 11.0 Å². The monoisotopic (exact) mass is 271 g/mol. The number of sulfone groups is 1. The maximum absolute atomic E-state index is 12.9. The van der Waals surface area contributed by atoms with Crippen LogP contribution in [0, 0.1) is 5.82 Å². The van der Waals surface area contributed by atoms with Crippen molar-refractivity contribution in [1.82, 2.24) is 5.32 Å². The summed E-state index contributed by atoms with van der Waals surface area (Å²) >= 11 is 0. The van der Waals surface area contributed by atoms with E-state index in [1.54, 1.807) is 19.2 Å². The van der Waals surface area contributed by atoms with Gasteiger partial charge in [-0.2, -0.15) is 0 Å². The van der Waals surface area contributed by atoms with Crippen molar-refractivity contribution in [3.8, 4) is 0 Å². The van der Waals surface area contributed by atoms with Crippen LogP contribution >= 0.6 is 0 Å². The van der Waals surface area contributed by atoms with Crippen molar-refractivity contribution in [2.45, 2.75) is 30.6 Å². The van der Waals surface area contributed by atoms with Crippen molar-refractivity contribution in [2.24, 2.45) is 0 Å². The second-order valence-corrected chi connectivity index (χ2v) is 7.06. The van der Waals surface area contributed by atoms with Gasteiger partial charge in [0.1, 0.15) is 5.82 Å². The molecule has 0 radical (unpaired) electrons. The first-order valence-corrected chi connectivity index (χ1v) is 7.90. The molecular formula is C13H18FNO2S. The second kappa shape index (κ2) is 5.36. The first kappa shape index (κ1) is 13.5. The summed E-state index contributed by atoms with van der Waals surface area (Å²) in [6, 6.07) is 5.79. The highest BCUT2D eigenvalue weighted by atomic mass is 32.2. The van der Waals surface area contributed by atoms with Gasteiger partial charge >= 0.3 is 0 Å². The lowest BCUT2D eigenvalue weighted by Crippen LogP contribution is -2.39. The lowest BCUT2D eigenvalue weighted by Gasteiger charge is -2.30. The summed E-state index contributed by atoms with van der Waals surface area (Å²) in [7, 11) is -1.30. The molecule has 0 saturated carbocycles. The molecule has 1 aromatic carbocycles. The van der Waals surface area contributed by atoms with E-state index in [4.69, 9.17) is 0 Å². The normalized spacial score (nSPS) is 24.7. The Morgan fingerprint density at radius 1 is 1.28 bits per heavy atom. The fourth-order valence-corrected chi connectivity index (χ4v) is 4.73. The molecule has 5 heteroatoms. The number of rotatable bonds is 3. The molecule has 0 aromatic heterocycles. The molecule has 1 aliphatic heterocycles. The van der Waals surface area contributed by atoms with E-state index in [0.717, 1.165) is 18.4 Å². The average molecular weight is 271 g/mol. The van der Waals surface area contributed by atoms with Crippen molar-refractivity contribution in [3.63, 3.8) is 0 Å². The van der Waals surface area contributed by atoms with E-state index >= 15 is 0 Å². The summed E-state index contributed by atoms with van der Waals surface area (Å²) in [6.45, 7) is 0. The molecule has 2 rings (SSSR count). The van der Waals surface area contributed by atoms with E-state index in [0.29, 0.717) is 6.42 Å². The molecule has 1 heterocycles. The summed E-state index contributed by atoms with van der Waals surface area (Å²) in [5.74, 6) is -0.0445. The van der Waals surface area contributed by atoms with Crippen molar-refractivity contribution in [2.75, 3.05) is 12.8 Å². The number of benzene rings is 1. The number of nitrogens with one attached hydrogen (secondary N) is 1. The van der Waals surface area contributed by atoms with Crippen LogP contribution in [0.15, 0.2) is 24.3 Å². The van der Waals surface area contributed by atoms with Crippen LogP contribution in [0.1, 0.15) is 30.9 Å². The summed E-state index contributed by atoms with van der Waals surface area (Å²) in [6.07, 6.45) is 2.35. The van der Waals surface area contributed by atoms with Crippen LogP contribution in [-0.4, -0.2) is 26.5 Å². The predicted molar refractivity (Wildman–Crippen MR) is 69.6 cm³/mol. The molecule has 3 nitrogen and oxygen atoms in total. The second-order valence-electron chi connectivity index (χ2n) is 4.72. The zero-order valence-corrected chi connectivity index (χ0v) is 11.2. The Balaban J connectivity index is 2.30. The molecule has 0 bridgehead atoms. The van der Waals surface area contributed by atoms with Gasteiger partial charge in [0.25, 0.3) is 0 Å². The minimum absolute atomic E-state index is 0.254. The smallest absolute Gasteiger partial charge is 0.155 e. The highest BCUT2D eigenvalue weighted by Gasteiger charge is 2.35. The minimum atomic E-state index is -3.05. The fourth-order valence-electron chi connectivity index (χ4n) is 2.59. The van der Waals surface area contributed by atoms with Crippen LogP contribution in [0.25, 0.3) is 0 Å². The van der Waals surface area contributed by atoms with E-state index in [1.807, 2.05) is 0 Å². The Morgan fingerprint density at radius 3 is 2.50 bits per heavy atom. The van der Waals surface area contributed by atoms with E-state index in [9.17, 15) is 12.8 Å². The van der Waals surface area contributed by atoms with Gasteiger partial charge < -0.3 is 5.32 Å². The van der Waals surface area contributed by atoms with Gasteiger partial charge in [-0.15, -0.1) is 0 Å². The zero-order chi connectivity index (χ0) is 13.2. The SMILES string of the molecule is CNC(c1ccc(F)cc1)C1CCCCS1(=O)=O. The van der Waals surface area contributed by atoms with Gasteiger partial charge in [-0.1, -0.05) is 18.6 Å². The van der Waals surface area contributed by atoms with Crippen molar-refractivity contribution in [3.05, 3.63) is 35.6 Å². The van der Waals surface area contributed by atoms with Crippen molar-refractivity contribution < 1.29 is 12.8 Å². The first-order valence-electron chi connectivity index (χ1n) is 6.19. The van der Waals surface area contributed by atoms with Gasteiger partial charge in [0.2, 0.25) is 0 Å². The molecule has 0 spiro atoms. The Morgan fingerprint density at radius 2 is 1.94 bits per heavy atom. The topological polar surface area (TPSA) is 46.2 Å². The molecule has 1 aliphatic rings. The lowest BCUT2D eigenvalue weighted by molar-refractivity contribution is 0.469. The molecule has 0 amide bonds. The summed E-state index contributed by atoms with van der Waals surface area (Å²) in [4.78, 5) is 0. The van der Waals surface area contributed by atoms with Crippen LogP contribution in [0.5, 0.6) is 0 Å². The van der Waals surface area contributed by atoms with Crippen LogP contribution in [-0.2, 0) is 9.84 Å². The standard InChI is InChI=1S/C13H18FNO2S/c1-15-13(10-5-7-11(14)8-6-10)12-4-2-3-9-18(12,16)17/h5-8,12-13,15H,2-4,9H2,1H3. The molecule has 0 aliphatic carbocycles. The molecule has 1 fully saturated rings. The van der Waals surface area contributed by atoms with Crippen LogP contribution in [0.2, 0.25) is 0 Å². The maximum Gasteiger partial charge on any atom is 0.155 e. The average Bonchev–Trinajstić information content (AvgIpc) is 2.34. The fraction of sp³-hybridized carbons (Fsp3) is 0.538. The number of hydrogen-bond donors (Lipinski definition) is 1.